The van der Waals surface area contributed by atoms with Crippen LogP contribution >= 0.6 is 0 Å². The van der Waals surface area contributed by atoms with Gasteiger partial charge in [0.05, 0.1) is 6.04 Å². The molecule has 1 aliphatic heterocycles. The van der Waals surface area contributed by atoms with Gasteiger partial charge in [0.15, 0.2) is 0 Å². The van der Waals surface area contributed by atoms with Crippen molar-refractivity contribution in [2.45, 2.75) is 84.0 Å². The van der Waals surface area contributed by atoms with E-state index >= 15 is 0 Å². The third kappa shape index (κ3) is 8.06. The predicted octanol–water partition coefficient (Wildman–Crippen LogP) is 1.69. The molecule has 1 saturated heterocycles. The molecule has 9 nitrogen and oxygen atoms in total. The summed E-state index contributed by atoms with van der Waals surface area (Å²) in [4.78, 5) is 52.6. The van der Waals surface area contributed by atoms with Gasteiger partial charge in [0, 0.05) is 13.0 Å². The number of carboxylic acids is 1. The molecule has 5 atom stereocenters. The highest BCUT2D eigenvalue weighted by Gasteiger charge is 2.38. The van der Waals surface area contributed by atoms with E-state index in [0.717, 1.165) is 12.0 Å². The highest BCUT2D eigenvalue weighted by atomic mass is 16.4. The zero-order valence-electron chi connectivity index (χ0n) is 21.2. The van der Waals surface area contributed by atoms with Gasteiger partial charge in [-0.25, -0.2) is 4.79 Å². The van der Waals surface area contributed by atoms with E-state index < -0.39 is 42.0 Å². The number of benzene rings is 1. The second kappa shape index (κ2) is 13.2. The fourth-order valence-corrected chi connectivity index (χ4v) is 4.28. The summed E-state index contributed by atoms with van der Waals surface area (Å²) in [6, 6.07) is 5.61. The third-order valence-electron chi connectivity index (χ3n) is 6.62. The van der Waals surface area contributed by atoms with E-state index in [-0.39, 0.29) is 24.2 Å². The van der Waals surface area contributed by atoms with E-state index in [9.17, 15) is 24.3 Å². The molecule has 0 aromatic heterocycles. The Labute approximate surface area is 207 Å². The lowest BCUT2D eigenvalue weighted by molar-refractivity contribution is -0.143. The summed E-state index contributed by atoms with van der Waals surface area (Å²) in [6.07, 6.45) is 2.38. The van der Waals surface area contributed by atoms with Crippen LogP contribution in [0.25, 0.3) is 0 Å². The van der Waals surface area contributed by atoms with E-state index in [0.29, 0.717) is 25.8 Å². The minimum absolute atomic E-state index is 0.0103. The Hall–Kier alpha value is -2.94. The van der Waals surface area contributed by atoms with Crippen LogP contribution in [0.4, 0.5) is 0 Å². The second-order valence-corrected chi connectivity index (χ2v) is 9.88. The quantitative estimate of drug-likeness (QED) is 0.353. The van der Waals surface area contributed by atoms with Crippen molar-refractivity contribution in [2.75, 3.05) is 6.54 Å². The zero-order chi connectivity index (χ0) is 26.1. The van der Waals surface area contributed by atoms with Crippen LogP contribution in [0.15, 0.2) is 30.3 Å². The molecule has 0 spiro atoms. The number of carbonyl (C=O) groups is 4. The largest absolute Gasteiger partial charge is 0.480 e. The van der Waals surface area contributed by atoms with Crippen molar-refractivity contribution in [1.29, 1.82) is 0 Å². The number of nitrogens with zero attached hydrogens (tertiary/aromatic N) is 1. The number of amides is 3. The lowest BCUT2D eigenvalue weighted by atomic mass is 9.98. The normalized spacial score (nSPS) is 19.0. The number of likely N-dealkylation sites (tertiary alicyclic amines) is 1. The molecular weight excluding hydrogens is 448 g/mol. The molecular formula is C26H40N4O5. The Kier molecular flexibility index (Phi) is 10.7. The predicted molar refractivity (Wildman–Crippen MR) is 133 cm³/mol. The maximum atomic E-state index is 13.2. The number of hydrogen-bond donors (Lipinski definition) is 4. The maximum absolute atomic E-state index is 13.2. The summed E-state index contributed by atoms with van der Waals surface area (Å²) in [5.41, 5.74) is 6.91. The van der Waals surface area contributed by atoms with Gasteiger partial charge < -0.3 is 26.4 Å². The number of rotatable bonds is 12. The van der Waals surface area contributed by atoms with Gasteiger partial charge in [0.25, 0.3) is 0 Å². The van der Waals surface area contributed by atoms with E-state index in [2.05, 4.69) is 10.6 Å². The van der Waals surface area contributed by atoms with Gasteiger partial charge in [-0.1, -0.05) is 64.4 Å². The van der Waals surface area contributed by atoms with Crippen molar-refractivity contribution >= 4 is 23.7 Å². The van der Waals surface area contributed by atoms with Crippen molar-refractivity contribution in [1.82, 2.24) is 15.5 Å². The minimum Gasteiger partial charge on any atom is -0.480 e. The van der Waals surface area contributed by atoms with Gasteiger partial charge in [-0.3, -0.25) is 14.4 Å². The molecule has 0 bridgehead atoms. The standard InChI is InChI=1S/C26H40N4O5/c1-5-17(4)22(27)25(33)30-13-9-12-21(30)24(32)28-19(14-16(2)3)23(31)29-20(26(34)35)15-18-10-7-6-8-11-18/h6-8,10-11,16-17,19-22H,5,9,12-15,27H2,1-4H3,(H,28,32)(H,29,31)(H,34,35). The fraction of sp³-hybridized carbons (Fsp3) is 0.615. The van der Waals surface area contributed by atoms with Crippen molar-refractivity contribution in [3.05, 3.63) is 35.9 Å². The van der Waals surface area contributed by atoms with Crippen LogP contribution in [0, 0.1) is 11.8 Å². The first-order chi connectivity index (χ1) is 16.5. The Morgan fingerprint density at radius 2 is 1.74 bits per heavy atom. The lowest BCUT2D eigenvalue weighted by Gasteiger charge is -2.30. The van der Waals surface area contributed by atoms with E-state index in [1.165, 1.54) is 4.90 Å². The summed E-state index contributed by atoms with van der Waals surface area (Å²) in [6.45, 7) is 8.15. The SMILES string of the molecule is CCC(C)C(N)C(=O)N1CCCC1C(=O)NC(CC(C)C)C(=O)NC(Cc1ccccc1)C(=O)O. The summed E-state index contributed by atoms with van der Waals surface area (Å²) < 4.78 is 0. The number of nitrogens with one attached hydrogen (secondary N) is 2. The molecule has 194 valence electrons. The molecule has 5 N–H and O–H groups in total. The highest BCUT2D eigenvalue weighted by Crippen LogP contribution is 2.21. The number of carbonyl (C=O) groups excluding carboxylic acids is 3. The Bertz CT molecular complexity index is 876. The van der Waals surface area contributed by atoms with Crippen molar-refractivity contribution < 1.29 is 24.3 Å². The number of carboxylic acid groups (broad SMARTS) is 1. The molecule has 0 radical (unpaired) electrons. The first-order valence-corrected chi connectivity index (χ1v) is 12.5. The van der Waals surface area contributed by atoms with Crippen LogP contribution in [-0.4, -0.2) is 64.4 Å². The van der Waals surface area contributed by atoms with Gasteiger partial charge in [0.1, 0.15) is 18.1 Å². The maximum Gasteiger partial charge on any atom is 0.326 e. The van der Waals surface area contributed by atoms with Crippen molar-refractivity contribution in [3.63, 3.8) is 0 Å². The van der Waals surface area contributed by atoms with Gasteiger partial charge in [-0.15, -0.1) is 0 Å². The van der Waals surface area contributed by atoms with Gasteiger partial charge in [-0.05, 0) is 36.7 Å². The van der Waals surface area contributed by atoms with Crippen molar-refractivity contribution in [2.24, 2.45) is 17.6 Å². The number of aliphatic carboxylic acids is 1. The molecule has 1 aromatic carbocycles. The molecule has 1 fully saturated rings. The Morgan fingerprint density at radius 1 is 1.09 bits per heavy atom. The molecule has 5 unspecified atom stereocenters. The van der Waals surface area contributed by atoms with Crippen LogP contribution in [0.3, 0.4) is 0 Å². The Morgan fingerprint density at radius 3 is 2.31 bits per heavy atom. The van der Waals surface area contributed by atoms with E-state index in [1.807, 2.05) is 33.8 Å². The third-order valence-corrected chi connectivity index (χ3v) is 6.62. The smallest absolute Gasteiger partial charge is 0.326 e. The molecule has 1 aromatic rings. The van der Waals surface area contributed by atoms with E-state index in [4.69, 9.17) is 5.73 Å². The van der Waals surface area contributed by atoms with Crippen LogP contribution in [0.1, 0.15) is 58.9 Å². The first-order valence-electron chi connectivity index (χ1n) is 12.5. The topological polar surface area (TPSA) is 142 Å². The number of hydrogen-bond acceptors (Lipinski definition) is 5. The van der Waals surface area contributed by atoms with Crippen LogP contribution in [0.2, 0.25) is 0 Å². The Balaban J connectivity index is 2.11. The van der Waals surface area contributed by atoms with Crippen LogP contribution in [-0.2, 0) is 25.6 Å². The monoisotopic (exact) mass is 488 g/mol. The van der Waals surface area contributed by atoms with E-state index in [1.54, 1.807) is 24.3 Å². The van der Waals surface area contributed by atoms with Gasteiger partial charge >= 0.3 is 5.97 Å². The zero-order valence-corrected chi connectivity index (χ0v) is 21.2. The summed E-state index contributed by atoms with van der Waals surface area (Å²) in [5.74, 6) is -2.31. The first kappa shape index (κ1) is 28.3. The molecule has 0 aliphatic carbocycles. The lowest BCUT2D eigenvalue weighted by Crippen LogP contribution is -2.57. The van der Waals surface area contributed by atoms with Crippen molar-refractivity contribution in [3.8, 4) is 0 Å². The molecule has 9 heteroatoms. The van der Waals surface area contributed by atoms with Gasteiger partial charge in [0.2, 0.25) is 17.7 Å². The number of nitrogens with two attached hydrogens (primary N) is 1. The molecule has 0 saturated carbocycles. The minimum atomic E-state index is -1.15. The molecule has 3 amide bonds. The van der Waals surface area contributed by atoms with Gasteiger partial charge in [-0.2, -0.15) is 0 Å². The highest BCUT2D eigenvalue weighted by molar-refractivity contribution is 5.94. The van der Waals surface area contributed by atoms with Crippen LogP contribution in [0.5, 0.6) is 0 Å². The molecule has 1 heterocycles. The summed E-state index contributed by atoms with van der Waals surface area (Å²) in [5, 5.41) is 15.0. The summed E-state index contributed by atoms with van der Waals surface area (Å²) in [7, 11) is 0. The second-order valence-electron chi connectivity index (χ2n) is 9.88. The molecule has 35 heavy (non-hydrogen) atoms. The van der Waals surface area contributed by atoms with Crippen LogP contribution < -0.4 is 16.4 Å². The summed E-state index contributed by atoms with van der Waals surface area (Å²) >= 11 is 0. The molecule has 2 rings (SSSR count). The molecule has 1 aliphatic rings. The fourth-order valence-electron chi connectivity index (χ4n) is 4.28. The average molecular weight is 489 g/mol. The average Bonchev–Trinajstić information content (AvgIpc) is 3.32.